The van der Waals surface area contributed by atoms with Crippen LogP contribution in [0.5, 0.6) is 0 Å². The predicted octanol–water partition coefficient (Wildman–Crippen LogP) is 5.28. The molecule has 3 N–H and O–H groups in total. The Labute approximate surface area is 227 Å². The number of nitrogens with one attached hydrogen (secondary N) is 2. The van der Waals surface area contributed by atoms with Crippen LogP contribution in [0.2, 0.25) is 0 Å². The van der Waals surface area contributed by atoms with Crippen LogP contribution in [0.1, 0.15) is 73.6 Å². The SMILES string of the molecule is CC(=O)N[C@@H](Cc1cc(F)cc(F)c1)[C@H](O)CNC1(c2ccc(C#CC3CC4C3C43CC3)s2)CCCCC1. The number of rotatable bonds is 8. The Morgan fingerprint density at radius 2 is 1.87 bits per heavy atom. The van der Waals surface area contributed by atoms with Gasteiger partial charge in [0, 0.05) is 30.3 Å². The summed E-state index contributed by atoms with van der Waals surface area (Å²) in [7, 11) is 0. The highest BCUT2D eigenvalue weighted by Crippen LogP contribution is 2.84. The number of fused-ring (bicyclic) bond motifs is 3. The minimum absolute atomic E-state index is 0.132. The van der Waals surface area contributed by atoms with Crippen molar-refractivity contribution >= 4 is 17.2 Å². The van der Waals surface area contributed by atoms with Gasteiger partial charge >= 0.3 is 0 Å². The van der Waals surface area contributed by atoms with E-state index < -0.39 is 23.8 Å². The topological polar surface area (TPSA) is 61.4 Å². The fourth-order valence-corrected chi connectivity index (χ4v) is 8.45. The second-order valence-electron chi connectivity index (χ2n) is 12.0. The Hall–Kier alpha value is -2.27. The number of halogens is 2. The van der Waals surface area contributed by atoms with Crippen LogP contribution in [-0.4, -0.2) is 29.7 Å². The summed E-state index contributed by atoms with van der Waals surface area (Å²) in [5.41, 5.74) is 0.867. The van der Waals surface area contributed by atoms with E-state index in [-0.39, 0.29) is 24.4 Å². The highest BCUT2D eigenvalue weighted by Gasteiger charge is 2.78. The van der Waals surface area contributed by atoms with Crippen molar-refractivity contribution < 1.29 is 18.7 Å². The Balaban J connectivity index is 1.13. The zero-order valence-electron chi connectivity index (χ0n) is 21.9. The van der Waals surface area contributed by atoms with Crippen LogP contribution >= 0.6 is 11.3 Å². The third-order valence-electron chi connectivity index (χ3n) is 9.54. The first kappa shape index (κ1) is 26.0. The van der Waals surface area contributed by atoms with E-state index >= 15 is 0 Å². The number of thiophene rings is 1. The number of aliphatic hydroxyl groups excluding tert-OH is 1. The van der Waals surface area contributed by atoms with E-state index in [4.69, 9.17) is 0 Å². The zero-order valence-corrected chi connectivity index (χ0v) is 22.7. The van der Waals surface area contributed by atoms with Crippen molar-refractivity contribution in [2.24, 2.45) is 23.2 Å². The molecule has 0 bridgehead atoms. The molecule has 38 heavy (non-hydrogen) atoms. The molecule has 202 valence electrons. The van der Waals surface area contributed by atoms with Crippen molar-refractivity contribution in [2.75, 3.05) is 6.54 Å². The third kappa shape index (κ3) is 5.03. The van der Waals surface area contributed by atoms with Gasteiger partial charge in [-0.1, -0.05) is 31.1 Å². The van der Waals surface area contributed by atoms with Crippen molar-refractivity contribution in [1.82, 2.24) is 10.6 Å². The summed E-state index contributed by atoms with van der Waals surface area (Å²) in [4.78, 5) is 14.2. The quantitative estimate of drug-likeness (QED) is 0.401. The van der Waals surface area contributed by atoms with Gasteiger partial charge in [-0.25, -0.2) is 8.78 Å². The molecule has 0 aliphatic heterocycles. The number of hydrogen-bond acceptors (Lipinski definition) is 4. The van der Waals surface area contributed by atoms with Crippen LogP contribution in [0.3, 0.4) is 0 Å². The van der Waals surface area contributed by atoms with Crippen LogP contribution in [0.25, 0.3) is 0 Å². The second kappa shape index (κ2) is 10.0. The average molecular weight is 539 g/mol. The van der Waals surface area contributed by atoms with Gasteiger partial charge < -0.3 is 15.7 Å². The van der Waals surface area contributed by atoms with Gasteiger partial charge in [-0.2, -0.15) is 0 Å². The van der Waals surface area contributed by atoms with Crippen molar-refractivity contribution in [1.29, 1.82) is 0 Å². The van der Waals surface area contributed by atoms with Crippen molar-refractivity contribution in [3.63, 3.8) is 0 Å². The molecule has 5 atom stereocenters. The van der Waals surface area contributed by atoms with Gasteiger partial charge in [0.1, 0.15) is 11.6 Å². The Morgan fingerprint density at radius 3 is 2.53 bits per heavy atom. The molecule has 3 unspecified atom stereocenters. The maximum atomic E-state index is 13.7. The highest BCUT2D eigenvalue weighted by molar-refractivity contribution is 7.12. The van der Waals surface area contributed by atoms with Crippen molar-refractivity contribution in [2.45, 2.75) is 82.4 Å². The highest BCUT2D eigenvalue weighted by atomic mass is 32.1. The third-order valence-corrected chi connectivity index (χ3v) is 10.7. The molecular formula is C31H36F2N2O2S. The minimum atomic E-state index is -0.928. The first-order valence-corrected chi connectivity index (χ1v) is 14.9. The first-order chi connectivity index (χ1) is 18.3. The van der Waals surface area contributed by atoms with Gasteiger partial charge in [0.2, 0.25) is 5.91 Å². The smallest absolute Gasteiger partial charge is 0.217 e. The molecule has 4 fully saturated rings. The predicted molar refractivity (Wildman–Crippen MR) is 144 cm³/mol. The average Bonchev–Trinajstić information content (AvgIpc) is 3.63. The molecule has 4 saturated carbocycles. The number of hydrogen-bond donors (Lipinski definition) is 3. The van der Waals surface area contributed by atoms with Crippen molar-refractivity contribution in [3.05, 3.63) is 57.3 Å². The normalized spacial score (nSPS) is 27.3. The van der Waals surface area contributed by atoms with E-state index in [9.17, 15) is 18.7 Å². The van der Waals surface area contributed by atoms with Gasteiger partial charge in [0.25, 0.3) is 0 Å². The van der Waals surface area contributed by atoms with Crippen LogP contribution in [0.4, 0.5) is 8.78 Å². The van der Waals surface area contributed by atoms with E-state index in [1.807, 2.05) is 0 Å². The van der Waals surface area contributed by atoms with Crippen LogP contribution in [0.15, 0.2) is 30.3 Å². The van der Waals surface area contributed by atoms with Gasteiger partial charge in [0.05, 0.1) is 22.6 Å². The van der Waals surface area contributed by atoms with E-state index in [1.54, 1.807) is 11.3 Å². The number of amides is 1. The summed E-state index contributed by atoms with van der Waals surface area (Å²) in [6.45, 7) is 1.64. The van der Waals surface area contributed by atoms with E-state index in [2.05, 4.69) is 34.6 Å². The lowest BCUT2D eigenvalue weighted by Crippen LogP contribution is -2.52. The Kier molecular flexibility index (Phi) is 6.86. The summed E-state index contributed by atoms with van der Waals surface area (Å²) in [6.07, 6.45) is 8.68. The second-order valence-corrected chi connectivity index (χ2v) is 13.1. The molecule has 1 spiro atoms. The number of carbonyl (C=O) groups is 1. The van der Waals surface area contributed by atoms with E-state index in [0.29, 0.717) is 11.5 Å². The lowest BCUT2D eigenvalue weighted by Gasteiger charge is -2.39. The molecule has 6 rings (SSSR count). The van der Waals surface area contributed by atoms with Crippen LogP contribution < -0.4 is 10.6 Å². The minimum Gasteiger partial charge on any atom is -0.390 e. The molecule has 1 amide bonds. The molecule has 4 nitrogen and oxygen atoms in total. The summed E-state index contributed by atoms with van der Waals surface area (Å²) in [5.74, 6) is 7.84. The lowest BCUT2D eigenvalue weighted by atomic mass is 9.80. The summed E-state index contributed by atoms with van der Waals surface area (Å²) in [6, 6.07) is 6.95. The fourth-order valence-electron chi connectivity index (χ4n) is 7.36. The number of aliphatic hydroxyl groups is 1. The maximum Gasteiger partial charge on any atom is 0.217 e. The van der Waals surface area contributed by atoms with Gasteiger partial charge in [0.15, 0.2) is 0 Å². The van der Waals surface area contributed by atoms with Crippen LogP contribution in [-0.2, 0) is 16.8 Å². The molecule has 7 heteroatoms. The zero-order chi connectivity index (χ0) is 26.5. The number of benzene rings is 1. The monoisotopic (exact) mass is 538 g/mol. The standard InChI is InChI=1S/C31H36F2N2O2S/c1-19(36)35-26(15-20-13-22(32)17-23(33)14-20)27(37)18-34-31(9-3-2-4-10-31)28-8-7-24(38-28)6-5-21-16-25-29(21)30(25)11-12-30/h7-8,13-14,17,21,25-27,29,34,37H,2-4,9-12,15-16,18H2,1H3,(H,35,36)/t21?,25?,26-,27+,29?/m0/s1. The Morgan fingerprint density at radius 1 is 1.13 bits per heavy atom. The molecule has 1 heterocycles. The summed E-state index contributed by atoms with van der Waals surface area (Å²) in [5, 5.41) is 17.6. The fraction of sp³-hybridized carbons (Fsp3) is 0.581. The van der Waals surface area contributed by atoms with Crippen molar-refractivity contribution in [3.8, 4) is 11.8 Å². The first-order valence-electron chi connectivity index (χ1n) is 14.1. The van der Waals surface area contributed by atoms with Gasteiger partial charge in [-0.15, -0.1) is 11.3 Å². The molecule has 4 aliphatic carbocycles. The summed E-state index contributed by atoms with van der Waals surface area (Å²) >= 11 is 1.75. The maximum absolute atomic E-state index is 13.7. The Bertz CT molecular complexity index is 1250. The molecule has 1 aromatic carbocycles. The molecule has 0 saturated heterocycles. The molecule has 4 aliphatic rings. The molecule has 1 aromatic heterocycles. The molecule has 2 aromatic rings. The lowest BCUT2D eigenvalue weighted by molar-refractivity contribution is -0.120. The number of carbonyl (C=O) groups excluding carboxylic acids is 1. The molecule has 0 radical (unpaired) electrons. The van der Waals surface area contributed by atoms with Gasteiger partial charge in [-0.3, -0.25) is 4.79 Å². The van der Waals surface area contributed by atoms with E-state index in [0.717, 1.165) is 53.9 Å². The van der Waals surface area contributed by atoms with E-state index in [1.165, 1.54) is 49.6 Å². The largest absolute Gasteiger partial charge is 0.390 e. The van der Waals surface area contributed by atoms with Crippen LogP contribution in [0, 0.1) is 46.6 Å². The molecular weight excluding hydrogens is 502 g/mol. The summed E-state index contributed by atoms with van der Waals surface area (Å²) < 4.78 is 27.5. The van der Waals surface area contributed by atoms with Gasteiger partial charge in [-0.05, 0) is 85.6 Å².